The minimum absolute atomic E-state index is 0.0949. The van der Waals surface area contributed by atoms with Gasteiger partial charge in [0.05, 0.1) is 18.1 Å². The third kappa shape index (κ3) is 4.58. The highest BCUT2D eigenvalue weighted by atomic mass is 32.1. The number of fused-ring (bicyclic) bond motifs is 1. The molecule has 1 amide bonds. The Morgan fingerprint density at radius 2 is 2.07 bits per heavy atom. The lowest BCUT2D eigenvalue weighted by Crippen LogP contribution is -2.30. The van der Waals surface area contributed by atoms with Gasteiger partial charge in [0.15, 0.2) is 5.13 Å². The number of nitrogens with zero attached hydrogens (tertiary/aromatic N) is 4. The largest absolute Gasteiger partial charge is 0.494 e. The van der Waals surface area contributed by atoms with Gasteiger partial charge in [-0.05, 0) is 30.2 Å². The molecule has 4 aromatic rings. The fourth-order valence-electron chi connectivity index (χ4n) is 3.14. The normalized spacial score (nSPS) is 11.2. The Labute approximate surface area is 179 Å². The zero-order chi connectivity index (χ0) is 20.8. The number of hydrogen-bond acceptors (Lipinski definition) is 5. The Kier molecular flexibility index (Phi) is 6.20. The molecule has 7 heteroatoms. The number of aryl methyl sites for hydroxylation is 1. The molecular weight excluding hydrogens is 396 g/mol. The monoisotopic (exact) mass is 418 g/mol. The lowest BCUT2D eigenvalue weighted by molar-refractivity contribution is -0.114. The number of methoxy groups -OCH3 is 1. The molecule has 0 bridgehead atoms. The van der Waals surface area contributed by atoms with Gasteiger partial charge in [-0.3, -0.25) is 9.69 Å². The van der Waals surface area contributed by atoms with Crippen LogP contribution < -0.4 is 9.64 Å². The van der Waals surface area contributed by atoms with Gasteiger partial charge in [0.1, 0.15) is 11.3 Å². The first-order chi connectivity index (χ1) is 14.7. The SMILES string of the molecule is COc1cccc2sc(N(CCCn3ccnc3)C(=O)/C=C/c3ccccc3)nc12. The second-order valence-corrected chi connectivity index (χ2v) is 7.70. The molecule has 0 aliphatic heterocycles. The Morgan fingerprint density at radius 1 is 1.20 bits per heavy atom. The predicted octanol–water partition coefficient (Wildman–Crippen LogP) is 4.64. The summed E-state index contributed by atoms with van der Waals surface area (Å²) in [6.45, 7) is 1.33. The molecule has 0 atom stereocenters. The Bertz CT molecular complexity index is 1140. The van der Waals surface area contributed by atoms with Gasteiger partial charge >= 0.3 is 0 Å². The van der Waals surface area contributed by atoms with Crippen molar-refractivity contribution in [2.75, 3.05) is 18.6 Å². The molecule has 30 heavy (non-hydrogen) atoms. The number of hydrogen-bond donors (Lipinski definition) is 0. The molecule has 0 saturated heterocycles. The average molecular weight is 419 g/mol. The van der Waals surface area contributed by atoms with Crippen molar-refractivity contribution in [3.05, 3.63) is 78.9 Å². The molecule has 0 unspecified atom stereocenters. The number of benzene rings is 2. The standard InChI is InChI=1S/C23H22N4O2S/c1-29-19-9-5-10-20-22(19)25-23(30-20)27(15-6-14-26-16-13-24-17-26)21(28)12-11-18-7-3-2-4-8-18/h2-5,7-13,16-17H,6,14-15H2,1H3/b12-11+. The van der Waals surface area contributed by atoms with E-state index >= 15 is 0 Å². The van der Waals surface area contributed by atoms with Crippen molar-refractivity contribution in [3.8, 4) is 5.75 Å². The van der Waals surface area contributed by atoms with Crippen LogP contribution in [0.2, 0.25) is 0 Å². The van der Waals surface area contributed by atoms with Crippen LogP contribution in [0.5, 0.6) is 5.75 Å². The summed E-state index contributed by atoms with van der Waals surface area (Å²) in [7, 11) is 1.63. The van der Waals surface area contributed by atoms with Crippen LogP contribution in [0.15, 0.2) is 73.3 Å². The fourth-order valence-corrected chi connectivity index (χ4v) is 4.16. The van der Waals surface area contributed by atoms with Gasteiger partial charge in [0.2, 0.25) is 0 Å². The molecule has 0 aliphatic rings. The Morgan fingerprint density at radius 3 is 2.83 bits per heavy atom. The van der Waals surface area contributed by atoms with Crippen LogP contribution in [0, 0.1) is 0 Å². The number of para-hydroxylation sites is 1. The zero-order valence-electron chi connectivity index (χ0n) is 16.6. The van der Waals surface area contributed by atoms with Crippen LogP contribution in [0.1, 0.15) is 12.0 Å². The summed E-state index contributed by atoms with van der Waals surface area (Å²) in [5, 5.41) is 0.669. The van der Waals surface area contributed by atoms with E-state index in [1.165, 1.54) is 11.3 Å². The summed E-state index contributed by atoms with van der Waals surface area (Å²) < 4.78 is 8.43. The molecule has 0 fully saturated rings. The number of ether oxygens (including phenoxy) is 1. The topological polar surface area (TPSA) is 60.2 Å². The van der Waals surface area contributed by atoms with Crippen molar-refractivity contribution >= 4 is 38.7 Å². The highest BCUT2D eigenvalue weighted by Crippen LogP contribution is 2.34. The number of aromatic nitrogens is 3. The van der Waals surface area contributed by atoms with Crippen molar-refractivity contribution in [3.63, 3.8) is 0 Å². The van der Waals surface area contributed by atoms with E-state index in [0.717, 1.165) is 28.7 Å². The van der Waals surface area contributed by atoms with Gasteiger partial charge in [-0.2, -0.15) is 0 Å². The summed E-state index contributed by atoms with van der Waals surface area (Å²) in [6.07, 6.45) is 9.68. The van der Waals surface area contributed by atoms with Crippen molar-refractivity contribution in [1.82, 2.24) is 14.5 Å². The van der Waals surface area contributed by atoms with Gasteiger partial charge in [0, 0.05) is 31.6 Å². The maximum absolute atomic E-state index is 13.1. The molecule has 2 aromatic carbocycles. The zero-order valence-corrected chi connectivity index (χ0v) is 17.5. The maximum Gasteiger partial charge on any atom is 0.252 e. The lowest BCUT2D eigenvalue weighted by atomic mass is 10.2. The number of amides is 1. The van der Waals surface area contributed by atoms with Crippen LogP contribution in [0.3, 0.4) is 0 Å². The molecule has 152 valence electrons. The third-order valence-corrected chi connectivity index (χ3v) is 5.71. The number of carbonyl (C=O) groups excluding carboxylic acids is 1. The summed E-state index contributed by atoms with van der Waals surface area (Å²) in [6, 6.07) is 15.6. The second-order valence-electron chi connectivity index (χ2n) is 6.69. The first-order valence-corrected chi connectivity index (χ1v) is 10.5. The molecule has 0 aliphatic carbocycles. The van der Waals surface area contributed by atoms with Crippen LogP contribution in [0.4, 0.5) is 5.13 Å². The Balaban J connectivity index is 1.59. The van der Waals surface area contributed by atoms with Crippen molar-refractivity contribution in [1.29, 1.82) is 0 Å². The van der Waals surface area contributed by atoms with Crippen LogP contribution in [-0.2, 0) is 11.3 Å². The first kappa shape index (κ1) is 19.8. The van der Waals surface area contributed by atoms with Gasteiger partial charge < -0.3 is 9.30 Å². The van der Waals surface area contributed by atoms with Gasteiger partial charge in [-0.1, -0.05) is 47.7 Å². The molecule has 0 spiro atoms. The van der Waals surface area contributed by atoms with Crippen molar-refractivity contribution < 1.29 is 9.53 Å². The van der Waals surface area contributed by atoms with E-state index in [2.05, 4.69) is 4.98 Å². The minimum Gasteiger partial charge on any atom is -0.494 e. The van der Waals surface area contributed by atoms with Crippen molar-refractivity contribution in [2.45, 2.75) is 13.0 Å². The highest BCUT2D eigenvalue weighted by molar-refractivity contribution is 7.22. The summed E-state index contributed by atoms with van der Waals surface area (Å²) in [5.41, 5.74) is 1.76. The highest BCUT2D eigenvalue weighted by Gasteiger charge is 2.19. The van der Waals surface area contributed by atoms with Crippen LogP contribution >= 0.6 is 11.3 Å². The number of rotatable bonds is 8. The minimum atomic E-state index is -0.0949. The van der Waals surface area contributed by atoms with Crippen LogP contribution in [0.25, 0.3) is 16.3 Å². The molecular formula is C23H22N4O2S. The number of anilines is 1. The molecule has 2 heterocycles. The van der Waals surface area contributed by atoms with Gasteiger partial charge in [0.25, 0.3) is 5.91 Å². The third-order valence-electron chi connectivity index (χ3n) is 4.66. The predicted molar refractivity (Wildman–Crippen MR) is 121 cm³/mol. The smallest absolute Gasteiger partial charge is 0.252 e. The number of thiazole rings is 1. The average Bonchev–Trinajstić information content (AvgIpc) is 3.45. The van der Waals surface area contributed by atoms with E-state index in [-0.39, 0.29) is 5.91 Å². The maximum atomic E-state index is 13.1. The van der Waals surface area contributed by atoms with Crippen LogP contribution in [-0.4, -0.2) is 34.1 Å². The summed E-state index contributed by atoms with van der Waals surface area (Å²) in [4.78, 5) is 23.6. The van der Waals surface area contributed by atoms with Crippen molar-refractivity contribution in [2.24, 2.45) is 0 Å². The van der Waals surface area contributed by atoms with E-state index in [1.807, 2.05) is 65.4 Å². The molecule has 0 saturated carbocycles. The lowest BCUT2D eigenvalue weighted by Gasteiger charge is -2.18. The summed E-state index contributed by atoms with van der Waals surface area (Å²) in [5.74, 6) is 0.614. The quantitative estimate of drug-likeness (QED) is 0.391. The van der Waals surface area contributed by atoms with E-state index in [0.29, 0.717) is 17.4 Å². The van der Waals surface area contributed by atoms with E-state index in [4.69, 9.17) is 9.72 Å². The van der Waals surface area contributed by atoms with E-state index in [1.54, 1.807) is 30.6 Å². The molecule has 4 rings (SSSR count). The molecule has 6 nitrogen and oxygen atoms in total. The molecule has 2 aromatic heterocycles. The van der Waals surface area contributed by atoms with E-state index in [9.17, 15) is 4.79 Å². The molecule has 0 radical (unpaired) electrons. The Hall–Kier alpha value is -3.45. The second kappa shape index (κ2) is 9.37. The summed E-state index contributed by atoms with van der Waals surface area (Å²) >= 11 is 1.49. The first-order valence-electron chi connectivity index (χ1n) is 9.68. The van der Waals surface area contributed by atoms with Gasteiger partial charge in [-0.25, -0.2) is 9.97 Å². The number of carbonyl (C=O) groups is 1. The van der Waals surface area contributed by atoms with Gasteiger partial charge in [-0.15, -0.1) is 0 Å². The number of imidazole rings is 1. The molecule has 0 N–H and O–H groups in total. The van der Waals surface area contributed by atoms with E-state index < -0.39 is 0 Å². The fraction of sp³-hybridized carbons (Fsp3) is 0.174.